The quantitative estimate of drug-likeness (QED) is 0.833. The number of rotatable bonds is 4. The van der Waals surface area contributed by atoms with Crippen molar-refractivity contribution in [2.75, 3.05) is 5.32 Å². The zero-order chi connectivity index (χ0) is 18.3. The molecule has 4 aliphatic carbocycles. The van der Waals surface area contributed by atoms with Crippen LogP contribution in [0.25, 0.3) is 0 Å². The summed E-state index contributed by atoms with van der Waals surface area (Å²) in [5.41, 5.74) is 0.893. The molecule has 0 saturated heterocycles. The lowest BCUT2D eigenvalue weighted by Crippen LogP contribution is -2.51. The van der Waals surface area contributed by atoms with Crippen molar-refractivity contribution in [2.24, 2.45) is 23.2 Å². The number of anilines is 1. The van der Waals surface area contributed by atoms with Gasteiger partial charge in [-0.2, -0.15) is 5.26 Å². The zero-order valence-electron chi connectivity index (χ0n) is 15.0. The van der Waals surface area contributed by atoms with Crippen LogP contribution in [0.1, 0.15) is 55.8 Å². The Kier molecular flexibility index (Phi) is 4.22. The number of nitriles is 1. The first-order valence-electron chi connectivity index (χ1n) is 9.49. The van der Waals surface area contributed by atoms with Crippen molar-refractivity contribution >= 4 is 17.6 Å². The van der Waals surface area contributed by atoms with Gasteiger partial charge in [-0.15, -0.1) is 0 Å². The second kappa shape index (κ2) is 6.42. The molecule has 26 heavy (non-hydrogen) atoms. The highest BCUT2D eigenvalue weighted by Gasteiger charge is 2.54. The van der Waals surface area contributed by atoms with Crippen LogP contribution in [0.5, 0.6) is 0 Å². The first kappa shape index (κ1) is 17.1. The van der Waals surface area contributed by atoms with E-state index in [0.29, 0.717) is 11.3 Å². The lowest BCUT2D eigenvalue weighted by Gasteiger charge is -2.55. The topological polar surface area (TPSA) is 79.2 Å². The summed E-state index contributed by atoms with van der Waals surface area (Å²) in [5, 5.41) is 11.8. The summed E-state index contributed by atoms with van der Waals surface area (Å²) in [6.45, 7) is 1.53. The second-order valence-corrected chi connectivity index (χ2v) is 8.41. The van der Waals surface area contributed by atoms with Crippen LogP contribution in [0.15, 0.2) is 24.3 Å². The molecule has 0 radical (unpaired) electrons. The number of carbonyl (C=O) groups excluding carboxylic acids is 2. The molecule has 1 aromatic rings. The Balaban J connectivity index is 1.42. The largest absolute Gasteiger partial charge is 0.444 e. The average molecular weight is 352 g/mol. The van der Waals surface area contributed by atoms with Crippen molar-refractivity contribution in [3.05, 3.63) is 29.8 Å². The summed E-state index contributed by atoms with van der Waals surface area (Å²) in [5.74, 6) is 1.80. The Hall–Kier alpha value is -2.35. The van der Waals surface area contributed by atoms with Crippen LogP contribution in [0.3, 0.4) is 0 Å². The first-order valence-corrected chi connectivity index (χ1v) is 9.49. The van der Waals surface area contributed by atoms with Gasteiger partial charge in [-0.1, -0.05) is 0 Å². The van der Waals surface area contributed by atoms with Crippen molar-refractivity contribution in [3.8, 4) is 6.07 Å². The molecule has 4 bridgehead atoms. The molecule has 0 heterocycles. The number of ether oxygens (including phenoxy) is 1. The van der Waals surface area contributed by atoms with Crippen LogP contribution in [0.4, 0.5) is 5.69 Å². The maximum atomic E-state index is 13.0. The van der Waals surface area contributed by atoms with E-state index in [-0.39, 0.29) is 11.3 Å². The molecule has 0 aliphatic heterocycles. The molecule has 0 unspecified atom stereocenters. The predicted molar refractivity (Wildman–Crippen MR) is 96.2 cm³/mol. The van der Waals surface area contributed by atoms with E-state index in [1.165, 1.54) is 26.2 Å². The average Bonchev–Trinajstić information content (AvgIpc) is 2.61. The van der Waals surface area contributed by atoms with Gasteiger partial charge in [0.15, 0.2) is 6.10 Å². The monoisotopic (exact) mass is 352 g/mol. The molecule has 1 amide bonds. The standard InChI is InChI=1S/C21H24N2O3/c1-13(12-22)26-19(24)17-2-4-18(5-3-17)23-20(25)21-9-14-6-15(10-21)8-16(7-14)11-21/h2-5,13-16H,6-11H2,1H3,(H,23,25)/t13-,14?,15?,16?,21?/m1/s1. The Morgan fingerprint density at radius 1 is 1.12 bits per heavy atom. The van der Waals surface area contributed by atoms with Gasteiger partial charge in [0.2, 0.25) is 5.91 Å². The molecule has 1 aromatic carbocycles. The zero-order valence-corrected chi connectivity index (χ0v) is 15.0. The number of nitrogens with one attached hydrogen (secondary N) is 1. The van der Waals surface area contributed by atoms with E-state index in [9.17, 15) is 9.59 Å². The van der Waals surface area contributed by atoms with Crippen LogP contribution < -0.4 is 5.32 Å². The van der Waals surface area contributed by atoms with Crippen molar-refractivity contribution in [1.29, 1.82) is 5.26 Å². The second-order valence-electron chi connectivity index (χ2n) is 8.41. The third-order valence-corrected chi connectivity index (χ3v) is 6.36. The number of hydrogen-bond acceptors (Lipinski definition) is 4. The number of carbonyl (C=O) groups is 2. The fourth-order valence-corrected chi connectivity index (χ4v) is 5.60. The first-order chi connectivity index (χ1) is 12.5. The summed E-state index contributed by atoms with van der Waals surface area (Å²) in [7, 11) is 0. The van der Waals surface area contributed by atoms with E-state index in [1.54, 1.807) is 24.3 Å². The van der Waals surface area contributed by atoms with E-state index in [2.05, 4.69) is 5.32 Å². The fraction of sp³-hybridized carbons (Fsp3) is 0.571. The molecule has 5 heteroatoms. The fourth-order valence-electron chi connectivity index (χ4n) is 5.60. The van der Waals surface area contributed by atoms with Gasteiger partial charge < -0.3 is 10.1 Å². The van der Waals surface area contributed by atoms with Gasteiger partial charge in [-0.3, -0.25) is 4.79 Å². The molecule has 5 rings (SSSR count). The Labute approximate surface area is 153 Å². The Bertz CT molecular complexity index is 727. The smallest absolute Gasteiger partial charge is 0.339 e. The summed E-state index contributed by atoms with van der Waals surface area (Å²) < 4.78 is 4.98. The molecule has 136 valence electrons. The van der Waals surface area contributed by atoms with Gasteiger partial charge >= 0.3 is 5.97 Å². The van der Waals surface area contributed by atoms with Gasteiger partial charge in [0.25, 0.3) is 0 Å². The Morgan fingerprint density at radius 3 is 2.15 bits per heavy atom. The molecule has 0 spiro atoms. The van der Waals surface area contributed by atoms with Gasteiger partial charge in [-0.05, 0) is 87.5 Å². The lowest BCUT2D eigenvalue weighted by atomic mass is 9.49. The van der Waals surface area contributed by atoms with E-state index < -0.39 is 12.1 Å². The minimum absolute atomic E-state index is 0.144. The van der Waals surface area contributed by atoms with Gasteiger partial charge in [0, 0.05) is 5.69 Å². The summed E-state index contributed by atoms with van der Waals surface area (Å²) in [6.07, 6.45) is 6.24. The van der Waals surface area contributed by atoms with Crippen molar-refractivity contribution in [3.63, 3.8) is 0 Å². The van der Waals surface area contributed by atoms with Crippen LogP contribution in [0, 0.1) is 34.5 Å². The molecule has 1 N–H and O–H groups in total. The number of amides is 1. The lowest BCUT2D eigenvalue weighted by molar-refractivity contribution is -0.140. The van der Waals surface area contributed by atoms with Crippen LogP contribution in [-0.2, 0) is 9.53 Å². The molecule has 4 saturated carbocycles. The number of nitrogens with zero attached hydrogens (tertiary/aromatic N) is 1. The van der Waals surface area contributed by atoms with E-state index in [1.807, 2.05) is 6.07 Å². The number of hydrogen-bond donors (Lipinski definition) is 1. The van der Waals surface area contributed by atoms with Crippen molar-refractivity contribution < 1.29 is 14.3 Å². The maximum Gasteiger partial charge on any atom is 0.339 e. The number of benzene rings is 1. The molecular weight excluding hydrogens is 328 g/mol. The van der Waals surface area contributed by atoms with Crippen molar-refractivity contribution in [1.82, 2.24) is 0 Å². The van der Waals surface area contributed by atoms with Crippen LogP contribution in [0.2, 0.25) is 0 Å². The minimum Gasteiger partial charge on any atom is -0.444 e. The van der Waals surface area contributed by atoms with Crippen LogP contribution >= 0.6 is 0 Å². The molecule has 1 atom stereocenters. The number of esters is 1. The summed E-state index contributed by atoms with van der Waals surface area (Å²) in [6, 6.07) is 8.58. The van der Waals surface area contributed by atoms with Crippen molar-refractivity contribution in [2.45, 2.75) is 51.6 Å². The van der Waals surface area contributed by atoms with Gasteiger partial charge in [0.05, 0.1) is 11.0 Å². The predicted octanol–water partition coefficient (Wildman–Crippen LogP) is 3.91. The molecule has 5 nitrogen and oxygen atoms in total. The highest BCUT2D eigenvalue weighted by Crippen LogP contribution is 2.60. The normalized spacial score (nSPS) is 32.5. The third kappa shape index (κ3) is 3.09. The Morgan fingerprint density at radius 2 is 1.65 bits per heavy atom. The van der Waals surface area contributed by atoms with Gasteiger partial charge in [-0.25, -0.2) is 4.79 Å². The molecule has 0 aromatic heterocycles. The molecular formula is C21H24N2O3. The molecule has 4 fully saturated rings. The highest BCUT2D eigenvalue weighted by atomic mass is 16.5. The molecule has 4 aliphatic rings. The third-order valence-electron chi connectivity index (χ3n) is 6.36. The summed E-state index contributed by atoms with van der Waals surface area (Å²) >= 11 is 0. The SMILES string of the molecule is C[C@H](C#N)OC(=O)c1ccc(NC(=O)C23CC4CC(CC(C4)C2)C3)cc1. The maximum absolute atomic E-state index is 13.0. The van der Waals surface area contributed by atoms with Gasteiger partial charge in [0.1, 0.15) is 6.07 Å². The van der Waals surface area contributed by atoms with E-state index in [4.69, 9.17) is 10.00 Å². The summed E-state index contributed by atoms with van der Waals surface area (Å²) in [4.78, 5) is 24.9. The van der Waals surface area contributed by atoms with Crippen LogP contribution in [-0.4, -0.2) is 18.0 Å². The van der Waals surface area contributed by atoms with E-state index >= 15 is 0 Å². The van der Waals surface area contributed by atoms with E-state index in [0.717, 1.165) is 37.0 Å². The highest BCUT2D eigenvalue weighted by molar-refractivity contribution is 5.96. The minimum atomic E-state index is -0.780.